The van der Waals surface area contributed by atoms with Gasteiger partial charge in [0.15, 0.2) is 17.5 Å². The zero-order valence-electron chi connectivity index (χ0n) is 18.6. The van der Waals surface area contributed by atoms with Gasteiger partial charge in [-0.15, -0.1) is 0 Å². The molecule has 1 aromatic carbocycles. The second-order valence-electron chi connectivity index (χ2n) is 8.67. The number of hydrogen-bond donors (Lipinski definition) is 2. The zero-order valence-corrected chi connectivity index (χ0v) is 18.6. The number of amides is 1. The highest BCUT2D eigenvalue weighted by molar-refractivity contribution is 5.80. The molecule has 3 heterocycles. The Balaban J connectivity index is 1.40. The lowest BCUT2D eigenvalue weighted by molar-refractivity contribution is -0.121. The maximum atomic E-state index is 11.7. The van der Waals surface area contributed by atoms with Gasteiger partial charge in [0, 0.05) is 58.8 Å². The fraction of sp³-hybridized carbons (Fsp3) is 0.652. The van der Waals surface area contributed by atoms with Crippen LogP contribution in [-0.2, 0) is 14.9 Å². The van der Waals surface area contributed by atoms with E-state index in [1.165, 1.54) is 5.56 Å². The normalized spacial score (nSPS) is 21.1. The highest BCUT2D eigenvalue weighted by Gasteiger charge is 2.36. The number of nitrogens with zero attached hydrogens (tertiary/aromatic N) is 2. The number of carbonyl (C=O) groups is 1. The number of fused-ring (bicyclic) bond motifs is 1. The van der Waals surface area contributed by atoms with E-state index in [1.807, 2.05) is 13.1 Å². The summed E-state index contributed by atoms with van der Waals surface area (Å²) >= 11 is 0. The highest BCUT2D eigenvalue weighted by atomic mass is 16.7. The molecule has 8 heteroatoms. The maximum Gasteiger partial charge on any atom is 0.231 e. The molecule has 2 saturated heterocycles. The summed E-state index contributed by atoms with van der Waals surface area (Å²) in [5.74, 6) is 3.15. The fourth-order valence-electron chi connectivity index (χ4n) is 4.85. The molecule has 8 nitrogen and oxygen atoms in total. The van der Waals surface area contributed by atoms with Crippen molar-refractivity contribution in [1.82, 2.24) is 15.5 Å². The number of carbonyl (C=O) groups excluding carboxylic acids is 1. The van der Waals surface area contributed by atoms with Crippen molar-refractivity contribution in [2.75, 3.05) is 53.7 Å². The summed E-state index contributed by atoms with van der Waals surface area (Å²) in [7, 11) is 3.55. The van der Waals surface area contributed by atoms with Gasteiger partial charge < -0.3 is 29.7 Å². The highest BCUT2D eigenvalue weighted by Crippen LogP contribution is 2.40. The van der Waals surface area contributed by atoms with Crippen LogP contribution in [0.4, 0.5) is 0 Å². The summed E-state index contributed by atoms with van der Waals surface area (Å²) < 4.78 is 16.8. The maximum absolute atomic E-state index is 11.7. The smallest absolute Gasteiger partial charge is 0.231 e. The van der Waals surface area contributed by atoms with E-state index < -0.39 is 0 Å². The topological polar surface area (TPSA) is 84.4 Å². The van der Waals surface area contributed by atoms with Crippen molar-refractivity contribution >= 4 is 11.9 Å². The molecular weight excluding hydrogens is 396 g/mol. The SMILES string of the molecule is CN=C(NCC1(c2ccc3c(c2)OCO3)CCOCC1)N1CCC(CC(=O)NC)CC1. The molecule has 0 saturated carbocycles. The average molecular weight is 431 g/mol. The molecule has 3 aliphatic heterocycles. The van der Waals surface area contributed by atoms with E-state index in [1.54, 1.807) is 7.05 Å². The molecular formula is C23H34N4O4. The Morgan fingerprint density at radius 3 is 2.65 bits per heavy atom. The van der Waals surface area contributed by atoms with Gasteiger partial charge >= 0.3 is 0 Å². The minimum Gasteiger partial charge on any atom is -0.454 e. The van der Waals surface area contributed by atoms with Crippen molar-refractivity contribution in [3.63, 3.8) is 0 Å². The van der Waals surface area contributed by atoms with Gasteiger partial charge in [-0.3, -0.25) is 9.79 Å². The standard InChI is InChI=1S/C23H34N4O4/c1-24-21(28)13-17-5-9-27(10-6-17)22(25-2)26-15-23(7-11-29-12-8-23)18-3-4-19-20(14-18)31-16-30-19/h3-4,14,17H,5-13,15-16H2,1-2H3,(H,24,28)(H,25,26). The van der Waals surface area contributed by atoms with Gasteiger partial charge in [0.2, 0.25) is 12.7 Å². The molecule has 0 radical (unpaired) electrons. The first-order valence-electron chi connectivity index (χ1n) is 11.3. The van der Waals surface area contributed by atoms with Crippen LogP contribution >= 0.6 is 0 Å². The lowest BCUT2D eigenvalue weighted by Gasteiger charge is -2.40. The van der Waals surface area contributed by atoms with Crippen LogP contribution in [-0.4, -0.2) is 70.5 Å². The number of hydrogen-bond acceptors (Lipinski definition) is 5. The number of guanidine groups is 1. The van der Waals surface area contributed by atoms with Crippen LogP contribution in [0.3, 0.4) is 0 Å². The number of aliphatic imine (C=N–C) groups is 1. The number of rotatable bonds is 5. The van der Waals surface area contributed by atoms with Crippen molar-refractivity contribution < 1.29 is 19.0 Å². The van der Waals surface area contributed by atoms with Crippen molar-refractivity contribution in [3.8, 4) is 11.5 Å². The minimum absolute atomic E-state index is 0.0350. The Bertz CT molecular complexity index is 799. The average Bonchev–Trinajstić information content (AvgIpc) is 3.29. The first-order chi connectivity index (χ1) is 15.1. The molecule has 1 amide bonds. The molecule has 31 heavy (non-hydrogen) atoms. The number of likely N-dealkylation sites (tertiary alicyclic amines) is 1. The van der Waals surface area contributed by atoms with E-state index in [0.717, 1.165) is 76.0 Å². The van der Waals surface area contributed by atoms with Crippen molar-refractivity contribution in [1.29, 1.82) is 0 Å². The summed E-state index contributed by atoms with van der Waals surface area (Å²) in [4.78, 5) is 18.6. The molecule has 0 aliphatic carbocycles. The molecule has 170 valence electrons. The predicted octanol–water partition coefficient (Wildman–Crippen LogP) is 1.89. The fourth-order valence-corrected chi connectivity index (χ4v) is 4.85. The quantitative estimate of drug-likeness (QED) is 0.548. The van der Waals surface area contributed by atoms with Crippen LogP contribution in [0.25, 0.3) is 0 Å². The molecule has 0 unspecified atom stereocenters. The van der Waals surface area contributed by atoms with E-state index >= 15 is 0 Å². The summed E-state index contributed by atoms with van der Waals surface area (Å²) in [6.07, 6.45) is 4.53. The van der Waals surface area contributed by atoms with Crippen LogP contribution < -0.4 is 20.1 Å². The third-order valence-electron chi connectivity index (χ3n) is 6.90. The summed E-state index contributed by atoms with van der Waals surface area (Å²) in [5.41, 5.74) is 1.22. The van der Waals surface area contributed by atoms with Gasteiger partial charge in [-0.1, -0.05) is 6.07 Å². The molecule has 0 bridgehead atoms. The molecule has 0 atom stereocenters. The number of ether oxygens (including phenoxy) is 3. The minimum atomic E-state index is -0.0350. The Morgan fingerprint density at radius 1 is 1.19 bits per heavy atom. The monoisotopic (exact) mass is 430 g/mol. The summed E-state index contributed by atoms with van der Waals surface area (Å²) in [5, 5.41) is 6.39. The third kappa shape index (κ3) is 4.89. The Labute approximate surface area is 184 Å². The first kappa shape index (κ1) is 21.7. The van der Waals surface area contributed by atoms with Crippen LogP contribution in [0.5, 0.6) is 11.5 Å². The molecule has 2 fully saturated rings. The molecule has 2 N–H and O–H groups in total. The van der Waals surface area contributed by atoms with Gasteiger partial charge in [-0.25, -0.2) is 0 Å². The van der Waals surface area contributed by atoms with Crippen molar-refractivity contribution in [3.05, 3.63) is 23.8 Å². The number of piperidine rings is 1. The van der Waals surface area contributed by atoms with Gasteiger partial charge in [-0.05, 0) is 49.3 Å². The lowest BCUT2D eigenvalue weighted by Crippen LogP contribution is -2.51. The lowest BCUT2D eigenvalue weighted by atomic mass is 9.74. The van der Waals surface area contributed by atoms with Crippen molar-refractivity contribution in [2.24, 2.45) is 10.9 Å². The molecule has 4 rings (SSSR count). The zero-order chi connectivity index (χ0) is 21.7. The molecule has 0 spiro atoms. The van der Waals surface area contributed by atoms with Gasteiger partial charge in [-0.2, -0.15) is 0 Å². The van der Waals surface area contributed by atoms with E-state index in [9.17, 15) is 4.79 Å². The molecule has 1 aromatic rings. The van der Waals surface area contributed by atoms with Crippen molar-refractivity contribution in [2.45, 2.75) is 37.5 Å². The van der Waals surface area contributed by atoms with Crippen LogP contribution in [0, 0.1) is 5.92 Å². The predicted molar refractivity (Wildman–Crippen MR) is 119 cm³/mol. The third-order valence-corrected chi connectivity index (χ3v) is 6.90. The Kier molecular flexibility index (Phi) is 6.85. The van der Waals surface area contributed by atoms with Crippen LogP contribution in [0.15, 0.2) is 23.2 Å². The van der Waals surface area contributed by atoms with E-state index in [-0.39, 0.29) is 18.1 Å². The second-order valence-corrected chi connectivity index (χ2v) is 8.67. The van der Waals surface area contributed by atoms with E-state index in [2.05, 4.69) is 32.7 Å². The van der Waals surface area contributed by atoms with Crippen LogP contribution in [0.1, 0.15) is 37.7 Å². The number of nitrogens with one attached hydrogen (secondary N) is 2. The molecule has 3 aliphatic rings. The van der Waals surface area contributed by atoms with E-state index in [0.29, 0.717) is 12.3 Å². The van der Waals surface area contributed by atoms with Gasteiger partial charge in [0.1, 0.15) is 0 Å². The van der Waals surface area contributed by atoms with Crippen LogP contribution in [0.2, 0.25) is 0 Å². The van der Waals surface area contributed by atoms with E-state index in [4.69, 9.17) is 14.2 Å². The van der Waals surface area contributed by atoms with Gasteiger partial charge in [0.25, 0.3) is 0 Å². The first-order valence-corrected chi connectivity index (χ1v) is 11.3. The Morgan fingerprint density at radius 2 is 1.94 bits per heavy atom. The largest absolute Gasteiger partial charge is 0.454 e. The molecule has 0 aromatic heterocycles. The van der Waals surface area contributed by atoms with Gasteiger partial charge in [0.05, 0.1) is 0 Å². The summed E-state index contributed by atoms with van der Waals surface area (Å²) in [6.45, 7) is 4.42. The second kappa shape index (κ2) is 9.77. The number of benzene rings is 1. The Hall–Kier alpha value is -2.48. The summed E-state index contributed by atoms with van der Waals surface area (Å²) in [6, 6.07) is 6.30.